The van der Waals surface area contributed by atoms with Crippen LogP contribution in [0, 0.1) is 0 Å². The molecule has 5 heteroatoms. The molecule has 0 spiro atoms. The fraction of sp³-hybridized carbons (Fsp3) is 1.00. The lowest BCUT2D eigenvalue weighted by Crippen LogP contribution is -2.53. The molecule has 0 atom stereocenters. The molecule has 3 saturated heterocycles. The van der Waals surface area contributed by atoms with E-state index >= 15 is 0 Å². The summed E-state index contributed by atoms with van der Waals surface area (Å²) in [7, 11) is -1.51. The summed E-state index contributed by atoms with van der Waals surface area (Å²) >= 11 is 0. The summed E-state index contributed by atoms with van der Waals surface area (Å²) < 4.78 is 13.6. The molecule has 3 aliphatic rings. The maximum atomic E-state index is 5.40. The molecule has 0 N–H and O–H groups in total. The Morgan fingerprint density at radius 2 is 1.06 bits per heavy atom. The van der Waals surface area contributed by atoms with Gasteiger partial charge in [0.2, 0.25) is 0 Å². The van der Waals surface area contributed by atoms with Gasteiger partial charge in [-0.3, -0.25) is 4.74 Å². The molecule has 4 nitrogen and oxygen atoms in total. The van der Waals surface area contributed by atoms with Crippen molar-refractivity contribution in [1.82, 2.24) is 14.0 Å². The molecular formula is C13H27N4P. The zero-order valence-electron chi connectivity index (χ0n) is 12.1. The van der Waals surface area contributed by atoms with E-state index < -0.39 is 7.51 Å². The quantitative estimate of drug-likeness (QED) is 0.632. The SMILES string of the molecule is CC(C)(C)N=P12N3CCCN1CCCN2CCC3. The monoisotopic (exact) mass is 270 g/mol. The standard InChI is InChI=1S/C13H27N4P/c1-13(2,3)14-18-15-7-4-8-16(18)10-6-12-17(18)11-5-9-15/h4-12H2,1-3H3. The maximum Gasteiger partial charge on any atom is 0.168 e. The van der Waals surface area contributed by atoms with E-state index in [-0.39, 0.29) is 5.54 Å². The normalized spacial score (nSPS) is 29.9. The molecule has 3 heterocycles. The minimum absolute atomic E-state index is 0.0779. The molecule has 0 aromatic carbocycles. The fourth-order valence-corrected chi connectivity index (χ4v) is 8.29. The van der Waals surface area contributed by atoms with Crippen LogP contribution in [0.3, 0.4) is 0 Å². The smallest absolute Gasteiger partial charge is 0.168 e. The van der Waals surface area contributed by atoms with Gasteiger partial charge in [0, 0.05) is 39.3 Å². The highest BCUT2D eigenvalue weighted by atomic mass is 31.2. The van der Waals surface area contributed by atoms with Crippen LogP contribution >= 0.6 is 7.51 Å². The van der Waals surface area contributed by atoms with E-state index in [4.69, 9.17) is 4.74 Å². The largest absolute Gasteiger partial charge is 0.255 e. The summed E-state index contributed by atoms with van der Waals surface area (Å²) in [5.74, 6) is 0. The Kier molecular flexibility index (Phi) is 3.34. The summed E-state index contributed by atoms with van der Waals surface area (Å²) in [4.78, 5) is 0. The van der Waals surface area contributed by atoms with Gasteiger partial charge in [0.1, 0.15) is 0 Å². The first-order chi connectivity index (χ1) is 8.52. The molecule has 0 amide bonds. The van der Waals surface area contributed by atoms with Gasteiger partial charge in [0.15, 0.2) is 7.51 Å². The number of rotatable bonds is 0. The lowest BCUT2D eigenvalue weighted by Gasteiger charge is -2.58. The Labute approximate surface area is 112 Å². The molecule has 0 aromatic heterocycles. The molecule has 0 saturated carbocycles. The second-order valence-corrected chi connectivity index (χ2v) is 9.70. The van der Waals surface area contributed by atoms with Crippen molar-refractivity contribution >= 4 is 7.51 Å². The van der Waals surface area contributed by atoms with E-state index in [2.05, 4.69) is 34.8 Å². The van der Waals surface area contributed by atoms with Crippen molar-refractivity contribution < 1.29 is 0 Å². The number of nitrogens with zero attached hydrogens (tertiary/aromatic N) is 4. The lowest BCUT2D eigenvalue weighted by atomic mass is 10.1. The van der Waals surface area contributed by atoms with E-state index in [1.54, 1.807) is 0 Å². The summed E-state index contributed by atoms with van der Waals surface area (Å²) in [5, 5.41) is 0. The molecular weight excluding hydrogens is 243 g/mol. The fourth-order valence-electron chi connectivity index (χ4n) is 3.58. The zero-order chi connectivity index (χ0) is 12.8. The van der Waals surface area contributed by atoms with Crippen molar-refractivity contribution in [3.8, 4) is 0 Å². The zero-order valence-corrected chi connectivity index (χ0v) is 13.0. The molecule has 3 aliphatic heterocycles. The van der Waals surface area contributed by atoms with E-state index in [1.807, 2.05) is 0 Å². The summed E-state index contributed by atoms with van der Waals surface area (Å²) in [6, 6.07) is 0. The first-order valence-corrected chi connectivity index (χ1v) is 9.02. The van der Waals surface area contributed by atoms with Crippen LogP contribution in [0.25, 0.3) is 0 Å². The van der Waals surface area contributed by atoms with Gasteiger partial charge in [-0.25, -0.2) is 14.0 Å². The minimum Gasteiger partial charge on any atom is -0.255 e. The van der Waals surface area contributed by atoms with Gasteiger partial charge in [-0.1, -0.05) is 0 Å². The molecule has 18 heavy (non-hydrogen) atoms. The van der Waals surface area contributed by atoms with Crippen LogP contribution < -0.4 is 0 Å². The van der Waals surface area contributed by atoms with Crippen LogP contribution in [0.4, 0.5) is 0 Å². The molecule has 0 aliphatic carbocycles. The van der Waals surface area contributed by atoms with E-state index in [1.165, 1.54) is 58.5 Å². The molecule has 0 bridgehead atoms. The molecule has 3 fully saturated rings. The first kappa shape index (κ1) is 13.1. The third-order valence-electron chi connectivity index (χ3n) is 4.07. The van der Waals surface area contributed by atoms with Crippen LogP contribution in [-0.2, 0) is 0 Å². The Morgan fingerprint density at radius 1 is 0.722 bits per heavy atom. The average Bonchev–Trinajstić information content (AvgIpc) is 2.27. The molecule has 0 aromatic rings. The number of hydrogen-bond donors (Lipinski definition) is 0. The second kappa shape index (κ2) is 4.59. The van der Waals surface area contributed by atoms with Crippen molar-refractivity contribution in [2.75, 3.05) is 39.3 Å². The van der Waals surface area contributed by atoms with Gasteiger partial charge >= 0.3 is 0 Å². The molecule has 0 unspecified atom stereocenters. The molecule has 104 valence electrons. The van der Waals surface area contributed by atoms with Crippen LogP contribution in [0.1, 0.15) is 40.0 Å². The van der Waals surface area contributed by atoms with Gasteiger partial charge in [0.25, 0.3) is 0 Å². The van der Waals surface area contributed by atoms with Crippen molar-refractivity contribution in [1.29, 1.82) is 0 Å². The van der Waals surface area contributed by atoms with Crippen LogP contribution in [0.2, 0.25) is 0 Å². The van der Waals surface area contributed by atoms with E-state index in [9.17, 15) is 0 Å². The predicted molar refractivity (Wildman–Crippen MR) is 77.7 cm³/mol. The van der Waals surface area contributed by atoms with Gasteiger partial charge in [-0.05, 0) is 40.0 Å². The highest BCUT2D eigenvalue weighted by Gasteiger charge is 2.47. The second-order valence-electron chi connectivity index (χ2n) is 6.73. The van der Waals surface area contributed by atoms with Crippen LogP contribution in [0.15, 0.2) is 4.74 Å². The third-order valence-corrected chi connectivity index (χ3v) is 8.42. The summed E-state index contributed by atoms with van der Waals surface area (Å²) in [5.41, 5.74) is 0.0779. The predicted octanol–water partition coefficient (Wildman–Crippen LogP) is 2.85. The minimum atomic E-state index is -1.51. The van der Waals surface area contributed by atoms with Crippen molar-refractivity contribution in [2.45, 2.75) is 45.6 Å². The highest BCUT2D eigenvalue weighted by Crippen LogP contribution is 2.65. The topological polar surface area (TPSA) is 22.1 Å². The number of hydrogen-bond acceptors (Lipinski definition) is 1. The van der Waals surface area contributed by atoms with Gasteiger partial charge in [-0.2, -0.15) is 0 Å². The summed E-state index contributed by atoms with van der Waals surface area (Å²) in [6.07, 6.45) is 3.99. The lowest BCUT2D eigenvalue weighted by molar-refractivity contribution is 0.192. The van der Waals surface area contributed by atoms with Crippen molar-refractivity contribution in [2.24, 2.45) is 4.74 Å². The van der Waals surface area contributed by atoms with Crippen LogP contribution in [-0.4, -0.2) is 58.8 Å². The van der Waals surface area contributed by atoms with Crippen LogP contribution in [0.5, 0.6) is 0 Å². The first-order valence-electron chi connectivity index (χ1n) is 7.42. The van der Waals surface area contributed by atoms with E-state index in [0.29, 0.717) is 0 Å². The molecule has 3 rings (SSSR count). The van der Waals surface area contributed by atoms with Gasteiger partial charge in [0.05, 0.1) is 5.54 Å². The third kappa shape index (κ3) is 2.07. The average molecular weight is 270 g/mol. The Bertz CT molecular complexity index is 319. The van der Waals surface area contributed by atoms with Gasteiger partial charge < -0.3 is 0 Å². The van der Waals surface area contributed by atoms with E-state index in [0.717, 1.165) is 0 Å². The summed E-state index contributed by atoms with van der Waals surface area (Å²) in [6.45, 7) is 14.4. The van der Waals surface area contributed by atoms with Crippen molar-refractivity contribution in [3.05, 3.63) is 0 Å². The van der Waals surface area contributed by atoms with Crippen molar-refractivity contribution in [3.63, 3.8) is 0 Å². The molecule has 0 radical (unpaired) electrons. The Hall–Kier alpha value is 0.110. The van der Waals surface area contributed by atoms with Gasteiger partial charge in [-0.15, -0.1) is 0 Å². The Morgan fingerprint density at radius 3 is 1.33 bits per heavy atom. The maximum absolute atomic E-state index is 5.40. The highest BCUT2D eigenvalue weighted by molar-refractivity contribution is 7.59. The Balaban J connectivity index is 2.09.